The number of rotatable bonds is 6. The van der Waals surface area contributed by atoms with Crippen LogP contribution in [0, 0.1) is 13.8 Å². The van der Waals surface area contributed by atoms with Crippen LogP contribution < -0.4 is 5.32 Å². The highest BCUT2D eigenvalue weighted by molar-refractivity contribution is 8.00. The fourth-order valence-corrected chi connectivity index (χ4v) is 5.49. The van der Waals surface area contributed by atoms with Gasteiger partial charge in [0.15, 0.2) is 5.13 Å². The predicted octanol–water partition coefficient (Wildman–Crippen LogP) is 5.84. The number of fused-ring (bicyclic) bond motifs is 1. The van der Waals surface area contributed by atoms with Gasteiger partial charge in [0, 0.05) is 11.1 Å². The summed E-state index contributed by atoms with van der Waals surface area (Å²) >= 11 is 4.78. The Morgan fingerprint density at radius 1 is 1.11 bits per heavy atom. The fourth-order valence-electron chi connectivity index (χ4n) is 2.73. The van der Waals surface area contributed by atoms with Gasteiger partial charge in [-0.3, -0.25) is 4.79 Å². The Morgan fingerprint density at radius 3 is 2.71 bits per heavy atom. The topological polar surface area (TPSA) is 54.9 Å². The monoisotopic (exact) mass is 425 g/mol. The Balaban J connectivity index is 1.34. The van der Waals surface area contributed by atoms with E-state index in [1.54, 1.807) is 23.1 Å². The van der Waals surface area contributed by atoms with E-state index < -0.39 is 0 Å². The zero-order valence-electron chi connectivity index (χ0n) is 15.6. The number of nitrogens with one attached hydrogen (secondary N) is 1. The molecule has 0 aliphatic rings. The molecule has 0 saturated heterocycles. The van der Waals surface area contributed by atoms with Crippen molar-refractivity contribution in [3.05, 3.63) is 70.2 Å². The van der Waals surface area contributed by atoms with Crippen molar-refractivity contribution in [1.29, 1.82) is 0 Å². The lowest BCUT2D eigenvalue weighted by molar-refractivity contribution is -0.115. The molecule has 7 heteroatoms. The lowest BCUT2D eigenvalue weighted by Gasteiger charge is -2.00. The van der Waals surface area contributed by atoms with Crippen LogP contribution in [0.25, 0.3) is 10.2 Å². The van der Waals surface area contributed by atoms with Crippen molar-refractivity contribution in [3.63, 3.8) is 0 Å². The van der Waals surface area contributed by atoms with Crippen LogP contribution in [0.15, 0.2) is 52.2 Å². The largest absolute Gasteiger partial charge is 0.302 e. The second kappa shape index (κ2) is 8.43. The quantitative estimate of drug-likeness (QED) is 0.394. The van der Waals surface area contributed by atoms with Crippen molar-refractivity contribution < 1.29 is 4.79 Å². The molecule has 1 N–H and O–H groups in total. The molecule has 0 aliphatic heterocycles. The van der Waals surface area contributed by atoms with Gasteiger partial charge in [0.1, 0.15) is 4.34 Å². The molecule has 0 saturated carbocycles. The number of aryl methyl sites for hydroxylation is 2. The maximum Gasteiger partial charge on any atom is 0.232 e. The van der Waals surface area contributed by atoms with E-state index in [4.69, 9.17) is 0 Å². The number of hydrogen-bond donors (Lipinski definition) is 1. The van der Waals surface area contributed by atoms with Crippen LogP contribution in [0.5, 0.6) is 0 Å². The number of nitrogens with zero attached hydrogens (tertiary/aromatic N) is 2. The number of carbonyl (C=O) groups is 1. The first-order chi connectivity index (χ1) is 13.6. The number of benzene rings is 2. The van der Waals surface area contributed by atoms with Crippen molar-refractivity contribution in [2.24, 2.45) is 0 Å². The summed E-state index contributed by atoms with van der Waals surface area (Å²) in [5.41, 5.74) is 5.40. The molecule has 0 bridgehead atoms. The molecule has 0 radical (unpaired) electrons. The number of thiazole rings is 2. The molecule has 28 heavy (non-hydrogen) atoms. The molecule has 2 heterocycles. The summed E-state index contributed by atoms with van der Waals surface area (Å²) in [6, 6.07) is 14.6. The summed E-state index contributed by atoms with van der Waals surface area (Å²) in [6.07, 6.45) is 0.260. The van der Waals surface area contributed by atoms with Crippen LogP contribution in [0.3, 0.4) is 0 Å². The second-order valence-electron chi connectivity index (χ2n) is 6.54. The van der Waals surface area contributed by atoms with Gasteiger partial charge < -0.3 is 5.32 Å². The second-order valence-corrected chi connectivity index (χ2v) is 9.66. The summed E-state index contributed by atoms with van der Waals surface area (Å²) in [7, 11) is 0. The molecule has 4 nitrogen and oxygen atoms in total. The van der Waals surface area contributed by atoms with Crippen LogP contribution in [0.4, 0.5) is 5.13 Å². The molecule has 2 aromatic carbocycles. The minimum atomic E-state index is -0.0860. The van der Waals surface area contributed by atoms with Crippen LogP contribution in [-0.4, -0.2) is 15.9 Å². The standard InChI is InChI=1S/C21H19N3OS3/c1-13-6-8-15(9-7-13)11-26-21-22-16(12-27-21)10-18(25)23-20-24-19-14(2)4-3-5-17(19)28-20/h3-9,12H,10-11H2,1-2H3,(H,23,24,25). The van der Waals surface area contributed by atoms with E-state index in [0.29, 0.717) is 5.13 Å². The lowest BCUT2D eigenvalue weighted by atomic mass is 10.2. The number of aromatic nitrogens is 2. The number of anilines is 1. The van der Waals surface area contributed by atoms with Gasteiger partial charge in [0.05, 0.1) is 22.3 Å². The first-order valence-electron chi connectivity index (χ1n) is 8.85. The van der Waals surface area contributed by atoms with E-state index in [1.807, 2.05) is 30.5 Å². The Morgan fingerprint density at radius 2 is 1.93 bits per heavy atom. The first kappa shape index (κ1) is 19.1. The van der Waals surface area contributed by atoms with Gasteiger partial charge in [0.25, 0.3) is 0 Å². The summed E-state index contributed by atoms with van der Waals surface area (Å²) in [5.74, 6) is 0.793. The van der Waals surface area contributed by atoms with Gasteiger partial charge in [-0.2, -0.15) is 0 Å². The van der Waals surface area contributed by atoms with Gasteiger partial charge in [-0.15, -0.1) is 11.3 Å². The molecule has 0 atom stereocenters. The minimum absolute atomic E-state index is 0.0860. The molecule has 0 unspecified atom stereocenters. The van der Waals surface area contributed by atoms with E-state index in [9.17, 15) is 4.79 Å². The van der Waals surface area contributed by atoms with Crippen LogP contribution in [-0.2, 0) is 17.0 Å². The van der Waals surface area contributed by atoms with E-state index in [-0.39, 0.29) is 12.3 Å². The molecule has 4 aromatic rings. The molecule has 0 spiro atoms. The Kier molecular flexibility index (Phi) is 5.75. The summed E-state index contributed by atoms with van der Waals surface area (Å²) in [5, 5.41) is 5.50. The van der Waals surface area contributed by atoms with Crippen molar-refractivity contribution in [3.8, 4) is 0 Å². The zero-order valence-corrected chi connectivity index (χ0v) is 18.0. The number of para-hydroxylation sites is 1. The molecule has 2 aromatic heterocycles. The molecule has 0 aliphatic carbocycles. The third-order valence-electron chi connectivity index (χ3n) is 4.22. The Bertz CT molecular complexity index is 1120. The molecular weight excluding hydrogens is 406 g/mol. The van der Waals surface area contributed by atoms with Crippen molar-refractivity contribution in [2.45, 2.75) is 30.4 Å². The summed E-state index contributed by atoms with van der Waals surface area (Å²) in [4.78, 5) is 21.5. The predicted molar refractivity (Wildman–Crippen MR) is 120 cm³/mol. The Labute approximate surface area is 176 Å². The summed E-state index contributed by atoms with van der Waals surface area (Å²) in [6.45, 7) is 4.11. The van der Waals surface area contributed by atoms with Crippen LogP contribution in [0.2, 0.25) is 0 Å². The smallest absolute Gasteiger partial charge is 0.232 e. The van der Waals surface area contributed by atoms with Gasteiger partial charge in [-0.05, 0) is 31.0 Å². The molecule has 1 amide bonds. The highest BCUT2D eigenvalue weighted by Gasteiger charge is 2.12. The maximum absolute atomic E-state index is 12.4. The zero-order chi connectivity index (χ0) is 19.5. The lowest BCUT2D eigenvalue weighted by Crippen LogP contribution is -2.14. The summed E-state index contributed by atoms with van der Waals surface area (Å²) < 4.78 is 2.07. The van der Waals surface area contributed by atoms with Crippen molar-refractivity contribution in [2.75, 3.05) is 5.32 Å². The van der Waals surface area contributed by atoms with Gasteiger partial charge >= 0.3 is 0 Å². The number of hydrogen-bond acceptors (Lipinski definition) is 6. The average Bonchev–Trinajstić information content (AvgIpc) is 3.28. The fraction of sp³-hybridized carbons (Fsp3) is 0.190. The van der Waals surface area contributed by atoms with Crippen LogP contribution in [0.1, 0.15) is 22.4 Å². The van der Waals surface area contributed by atoms with E-state index in [2.05, 4.69) is 46.5 Å². The number of carbonyl (C=O) groups excluding carboxylic acids is 1. The van der Waals surface area contributed by atoms with Gasteiger partial charge in [-0.1, -0.05) is 65.1 Å². The van der Waals surface area contributed by atoms with E-state index >= 15 is 0 Å². The first-order valence-corrected chi connectivity index (χ1v) is 11.5. The van der Waals surface area contributed by atoms with Gasteiger partial charge in [0.2, 0.25) is 5.91 Å². The minimum Gasteiger partial charge on any atom is -0.302 e. The number of amides is 1. The highest BCUT2D eigenvalue weighted by Crippen LogP contribution is 2.29. The highest BCUT2D eigenvalue weighted by atomic mass is 32.2. The SMILES string of the molecule is Cc1ccc(CSc2nc(CC(=O)Nc3nc4c(C)cccc4s3)cs2)cc1. The average molecular weight is 426 g/mol. The van der Waals surface area contributed by atoms with Crippen molar-refractivity contribution >= 4 is 55.7 Å². The third-order valence-corrected chi connectivity index (χ3v) is 7.30. The molecule has 0 fully saturated rings. The van der Waals surface area contributed by atoms with E-state index in [1.165, 1.54) is 22.5 Å². The van der Waals surface area contributed by atoms with Crippen molar-refractivity contribution in [1.82, 2.24) is 9.97 Å². The molecule has 4 rings (SSSR count). The Hall–Kier alpha value is -2.22. The van der Waals surface area contributed by atoms with E-state index in [0.717, 1.165) is 31.6 Å². The van der Waals surface area contributed by atoms with Gasteiger partial charge in [-0.25, -0.2) is 9.97 Å². The maximum atomic E-state index is 12.4. The molecule has 142 valence electrons. The normalized spacial score (nSPS) is 11.1. The van der Waals surface area contributed by atoms with Crippen LogP contribution >= 0.6 is 34.4 Å². The molecular formula is C21H19N3OS3. The third kappa shape index (κ3) is 4.60. The number of thioether (sulfide) groups is 1.